The molecular weight excluding hydrogens is 338 g/mol. The molecule has 1 aliphatic heterocycles. The summed E-state index contributed by atoms with van der Waals surface area (Å²) in [5.74, 6) is 1.00. The van der Waals surface area contributed by atoms with Gasteiger partial charge in [0.1, 0.15) is 6.04 Å². The van der Waals surface area contributed by atoms with Gasteiger partial charge in [0.25, 0.3) is 0 Å². The molecule has 6 heteroatoms. The monoisotopic (exact) mass is 353 g/mol. The molecule has 1 amide bonds. The lowest BCUT2D eigenvalue weighted by molar-refractivity contribution is -0.129. The first-order valence-corrected chi connectivity index (χ1v) is 8.52. The molecule has 1 saturated heterocycles. The number of hydrogen-bond donors (Lipinski definition) is 0. The van der Waals surface area contributed by atoms with Gasteiger partial charge >= 0.3 is 0 Å². The van der Waals surface area contributed by atoms with Crippen molar-refractivity contribution < 1.29 is 9.32 Å². The molecule has 1 atom stereocenters. The van der Waals surface area contributed by atoms with Crippen LogP contribution in [-0.2, 0) is 11.3 Å². The lowest BCUT2D eigenvalue weighted by atomic mass is 10.2. The summed E-state index contributed by atoms with van der Waals surface area (Å²) in [6.07, 6.45) is 1.16. The van der Waals surface area contributed by atoms with Gasteiger partial charge in [-0.25, -0.2) is 0 Å². The predicted octanol–water partition coefficient (Wildman–Crippen LogP) is 4.25. The van der Waals surface area contributed by atoms with E-state index in [4.69, 9.17) is 16.1 Å². The van der Waals surface area contributed by atoms with Crippen LogP contribution in [-0.4, -0.2) is 20.9 Å². The maximum absolute atomic E-state index is 12.3. The molecule has 2 heterocycles. The quantitative estimate of drug-likeness (QED) is 0.703. The molecule has 0 bridgehead atoms. The number of nitrogens with zero attached hydrogens (tertiary/aromatic N) is 3. The number of aromatic nitrogens is 2. The summed E-state index contributed by atoms with van der Waals surface area (Å²) >= 11 is 6.20. The van der Waals surface area contributed by atoms with Gasteiger partial charge in [0.15, 0.2) is 0 Å². The average Bonchev–Trinajstić information content (AvgIpc) is 3.24. The standard InChI is InChI=1S/C19H16ClN3O2/c20-15-9-5-4-8-14(15)18-21-19(25-22-18)16-10-11-17(24)23(16)12-13-6-2-1-3-7-13/h1-9,16H,10-12H2. The molecule has 0 aliphatic carbocycles. The van der Waals surface area contributed by atoms with E-state index in [1.54, 1.807) is 11.0 Å². The number of hydrogen-bond acceptors (Lipinski definition) is 4. The zero-order chi connectivity index (χ0) is 17.2. The minimum atomic E-state index is -0.198. The van der Waals surface area contributed by atoms with Crippen molar-refractivity contribution in [1.82, 2.24) is 15.0 Å². The molecule has 25 heavy (non-hydrogen) atoms. The second kappa shape index (κ2) is 6.69. The van der Waals surface area contributed by atoms with Gasteiger partial charge in [0.05, 0.1) is 5.02 Å². The van der Waals surface area contributed by atoms with Crippen molar-refractivity contribution in [3.63, 3.8) is 0 Å². The van der Waals surface area contributed by atoms with Crippen molar-refractivity contribution in [2.45, 2.75) is 25.4 Å². The average molecular weight is 354 g/mol. The number of carbonyl (C=O) groups excluding carboxylic acids is 1. The van der Waals surface area contributed by atoms with Crippen LogP contribution in [0.4, 0.5) is 0 Å². The van der Waals surface area contributed by atoms with Crippen LogP contribution in [0.5, 0.6) is 0 Å². The highest BCUT2D eigenvalue weighted by Gasteiger charge is 2.36. The van der Waals surface area contributed by atoms with E-state index < -0.39 is 0 Å². The highest BCUT2D eigenvalue weighted by Crippen LogP contribution is 2.34. The van der Waals surface area contributed by atoms with Crippen molar-refractivity contribution in [3.8, 4) is 11.4 Å². The Hall–Kier alpha value is -2.66. The van der Waals surface area contributed by atoms with Crippen molar-refractivity contribution in [2.75, 3.05) is 0 Å². The molecule has 1 aromatic heterocycles. The Morgan fingerprint density at radius 3 is 2.68 bits per heavy atom. The summed E-state index contributed by atoms with van der Waals surface area (Å²) in [6, 6.07) is 17.1. The molecule has 4 rings (SSSR count). The van der Waals surface area contributed by atoms with E-state index in [-0.39, 0.29) is 11.9 Å². The van der Waals surface area contributed by atoms with Gasteiger partial charge in [-0.05, 0) is 24.1 Å². The van der Waals surface area contributed by atoms with Crippen LogP contribution >= 0.6 is 11.6 Å². The van der Waals surface area contributed by atoms with Gasteiger partial charge < -0.3 is 9.42 Å². The first-order valence-electron chi connectivity index (χ1n) is 8.14. The molecule has 2 aromatic carbocycles. The van der Waals surface area contributed by atoms with Gasteiger partial charge in [-0.3, -0.25) is 4.79 Å². The maximum atomic E-state index is 12.3. The number of rotatable bonds is 4. The Bertz CT molecular complexity index is 894. The third-order valence-electron chi connectivity index (χ3n) is 4.37. The minimum Gasteiger partial charge on any atom is -0.337 e. The van der Waals surface area contributed by atoms with Gasteiger partial charge in [-0.1, -0.05) is 59.2 Å². The maximum Gasteiger partial charge on any atom is 0.249 e. The Kier molecular flexibility index (Phi) is 4.24. The number of likely N-dealkylation sites (tertiary alicyclic amines) is 1. The number of carbonyl (C=O) groups is 1. The van der Waals surface area contributed by atoms with E-state index in [9.17, 15) is 4.79 Å². The smallest absolute Gasteiger partial charge is 0.249 e. The highest BCUT2D eigenvalue weighted by atomic mass is 35.5. The zero-order valence-corrected chi connectivity index (χ0v) is 14.2. The fraction of sp³-hybridized carbons (Fsp3) is 0.211. The third kappa shape index (κ3) is 3.15. The normalized spacial score (nSPS) is 17.2. The van der Waals surface area contributed by atoms with Crippen LogP contribution in [0, 0.1) is 0 Å². The van der Waals surface area contributed by atoms with Crippen LogP contribution in [0.25, 0.3) is 11.4 Å². The number of benzene rings is 2. The molecule has 0 spiro atoms. The Labute approximate surface area is 150 Å². The van der Waals surface area contributed by atoms with Crippen molar-refractivity contribution in [2.24, 2.45) is 0 Å². The van der Waals surface area contributed by atoms with Crippen LogP contribution in [0.15, 0.2) is 59.1 Å². The van der Waals surface area contributed by atoms with E-state index in [1.807, 2.05) is 48.5 Å². The fourth-order valence-electron chi connectivity index (χ4n) is 3.09. The molecule has 3 aromatic rings. The van der Waals surface area contributed by atoms with Crippen molar-refractivity contribution in [1.29, 1.82) is 0 Å². The molecule has 0 N–H and O–H groups in total. The van der Waals surface area contributed by atoms with Crippen molar-refractivity contribution in [3.05, 3.63) is 71.1 Å². The van der Waals surface area contributed by atoms with E-state index in [2.05, 4.69) is 10.1 Å². The first-order chi connectivity index (χ1) is 12.2. The topological polar surface area (TPSA) is 59.2 Å². The van der Waals surface area contributed by atoms with Gasteiger partial charge in [0.2, 0.25) is 17.6 Å². The molecule has 0 saturated carbocycles. The third-order valence-corrected chi connectivity index (χ3v) is 4.70. The summed E-state index contributed by atoms with van der Waals surface area (Å²) in [6.45, 7) is 0.536. The van der Waals surface area contributed by atoms with Gasteiger partial charge in [0, 0.05) is 18.5 Å². The van der Waals surface area contributed by atoms with E-state index >= 15 is 0 Å². The minimum absolute atomic E-state index is 0.103. The Morgan fingerprint density at radius 1 is 1.12 bits per heavy atom. The molecule has 1 unspecified atom stereocenters. The number of halogens is 1. The lowest BCUT2D eigenvalue weighted by Gasteiger charge is -2.22. The second-order valence-electron chi connectivity index (χ2n) is 6.00. The molecule has 1 fully saturated rings. The van der Waals surface area contributed by atoms with Crippen molar-refractivity contribution >= 4 is 17.5 Å². The summed E-state index contributed by atoms with van der Waals surface area (Å²) in [5.41, 5.74) is 1.80. The van der Waals surface area contributed by atoms with E-state index in [1.165, 1.54) is 0 Å². The van der Waals surface area contributed by atoms with E-state index in [0.717, 1.165) is 11.1 Å². The Morgan fingerprint density at radius 2 is 1.88 bits per heavy atom. The predicted molar refractivity (Wildman–Crippen MR) is 93.7 cm³/mol. The highest BCUT2D eigenvalue weighted by molar-refractivity contribution is 6.33. The van der Waals surface area contributed by atoms with Crippen LogP contribution in [0.3, 0.4) is 0 Å². The molecule has 5 nitrogen and oxygen atoms in total. The summed E-state index contributed by atoms with van der Waals surface area (Å²) in [5, 5.41) is 4.62. The Balaban J connectivity index is 1.60. The first kappa shape index (κ1) is 15.8. The van der Waals surface area contributed by atoms with E-state index in [0.29, 0.717) is 36.1 Å². The zero-order valence-electron chi connectivity index (χ0n) is 13.4. The van der Waals surface area contributed by atoms with Gasteiger partial charge in [-0.2, -0.15) is 4.98 Å². The largest absolute Gasteiger partial charge is 0.337 e. The summed E-state index contributed by atoms with van der Waals surface area (Å²) in [7, 11) is 0. The number of amides is 1. The van der Waals surface area contributed by atoms with Crippen LogP contribution in [0.1, 0.15) is 30.3 Å². The lowest BCUT2D eigenvalue weighted by Crippen LogP contribution is -2.27. The summed E-state index contributed by atoms with van der Waals surface area (Å²) in [4.78, 5) is 18.6. The molecule has 0 radical (unpaired) electrons. The SMILES string of the molecule is O=C1CCC(c2nc(-c3ccccc3Cl)no2)N1Cc1ccccc1. The van der Waals surface area contributed by atoms with Crippen LogP contribution in [0.2, 0.25) is 5.02 Å². The summed E-state index contributed by atoms with van der Waals surface area (Å²) < 4.78 is 5.46. The molecular formula is C19H16ClN3O2. The van der Waals surface area contributed by atoms with Gasteiger partial charge in [-0.15, -0.1) is 0 Å². The van der Waals surface area contributed by atoms with Crippen LogP contribution < -0.4 is 0 Å². The fourth-order valence-corrected chi connectivity index (χ4v) is 3.31. The molecule has 126 valence electrons. The second-order valence-corrected chi connectivity index (χ2v) is 6.40. The molecule has 1 aliphatic rings.